The highest BCUT2D eigenvalue weighted by molar-refractivity contribution is 7.99. The molecule has 3 rings (SSSR count). The number of carbonyl (C=O) groups excluding carboxylic acids is 1. The molecule has 0 aliphatic carbocycles. The zero-order valence-corrected chi connectivity index (χ0v) is 12.3. The van der Waals surface area contributed by atoms with Gasteiger partial charge in [-0.25, -0.2) is 0 Å². The summed E-state index contributed by atoms with van der Waals surface area (Å²) in [6.07, 6.45) is 7.65. The van der Waals surface area contributed by atoms with Gasteiger partial charge in [-0.3, -0.25) is 4.79 Å². The number of carbonyl (C=O) groups is 1. The van der Waals surface area contributed by atoms with Crippen molar-refractivity contribution in [3.63, 3.8) is 0 Å². The summed E-state index contributed by atoms with van der Waals surface area (Å²) in [5.41, 5.74) is 0. The van der Waals surface area contributed by atoms with Crippen molar-refractivity contribution in [2.24, 2.45) is 0 Å². The van der Waals surface area contributed by atoms with Crippen molar-refractivity contribution in [2.45, 2.75) is 49.4 Å². The fourth-order valence-corrected chi connectivity index (χ4v) is 4.91. The second-order valence-electron chi connectivity index (χ2n) is 5.27. The predicted octanol–water partition coefficient (Wildman–Crippen LogP) is 3.18. The van der Waals surface area contributed by atoms with Crippen molar-refractivity contribution in [2.75, 3.05) is 6.26 Å². The van der Waals surface area contributed by atoms with Crippen LogP contribution in [0.15, 0.2) is 17.5 Å². The summed E-state index contributed by atoms with van der Waals surface area (Å²) in [7, 11) is 0. The van der Waals surface area contributed by atoms with E-state index >= 15 is 0 Å². The molecule has 0 N–H and O–H groups in total. The van der Waals surface area contributed by atoms with Crippen LogP contribution < -0.4 is 0 Å². The molecule has 18 heavy (non-hydrogen) atoms. The Labute approximate surface area is 117 Å². The number of amides is 1. The van der Waals surface area contributed by atoms with Crippen molar-refractivity contribution in [3.05, 3.63) is 22.4 Å². The third-order valence-corrected chi connectivity index (χ3v) is 6.14. The van der Waals surface area contributed by atoms with Gasteiger partial charge in [-0.05, 0) is 43.4 Å². The van der Waals surface area contributed by atoms with E-state index in [0.29, 0.717) is 24.4 Å². The van der Waals surface area contributed by atoms with Crippen LogP contribution in [0, 0.1) is 0 Å². The van der Waals surface area contributed by atoms with Gasteiger partial charge in [-0.15, -0.1) is 11.3 Å². The largest absolute Gasteiger partial charge is 0.336 e. The maximum atomic E-state index is 12.4. The zero-order chi connectivity index (χ0) is 12.5. The van der Waals surface area contributed by atoms with E-state index in [1.54, 1.807) is 11.3 Å². The van der Waals surface area contributed by atoms with Gasteiger partial charge in [0.1, 0.15) is 0 Å². The molecule has 0 spiro atoms. The first-order valence-corrected chi connectivity index (χ1v) is 8.81. The average Bonchev–Trinajstić information content (AvgIpc) is 2.95. The Balaban J connectivity index is 1.68. The van der Waals surface area contributed by atoms with E-state index in [1.807, 2.05) is 17.8 Å². The summed E-state index contributed by atoms with van der Waals surface area (Å²) in [6, 6.07) is 5.14. The Morgan fingerprint density at radius 2 is 2.17 bits per heavy atom. The van der Waals surface area contributed by atoms with Crippen LogP contribution in [0.4, 0.5) is 0 Å². The first-order chi connectivity index (χ1) is 8.78. The number of piperidine rings is 1. The van der Waals surface area contributed by atoms with Crippen LogP contribution in [-0.2, 0) is 11.2 Å². The Hall–Kier alpha value is -0.480. The van der Waals surface area contributed by atoms with E-state index in [9.17, 15) is 4.79 Å². The van der Waals surface area contributed by atoms with Gasteiger partial charge in [0.2, 0.25) is 5.91 Å². The lowest BCUT2D eigenvalue weighted by Gasteiger charge is -2.38. The van der Waals surface area contributed by atoms with E-state index in [0.717, 1.165) is 5.25 Å². The topological polar surface area (TPSA) is 20.3 Å². The van der Waals surface area contributed by atoms with Gasteiger partial charge in [0.05, 0.1) is 6.42 Å². The molecule has 98 valence electrons. The molecule has 2 bridgehead atoms. The molecule has 2 nitrogen and oxygen atoms in total. The Morgan fingerprint density at radius 1 is 1.44 bits per heavy atom. The molecule has 2 unspecified atom stereocenters. The fraction of sp³-hybridized carbons (Fsp3) is 0.643. The van der Waals surface area contributed by atoms with Crippen LogP contribution in [0.5, 0.6) is 0 Å². The number of hydrogen-bond donors (Lipinski definition) is 0. The highest BCUT2D eigenvalue weighted by Gasteiger charge is 2.42. The summed E-state index contributed by atoms with van der Waals surface area (Å²) in [4.78, 5) is 15.9. The van der Waals surface area contributed by atoms with Crippen molar-refractivity contribution in [1.29, 1.82) is 0 Å². The normalized spacial score (nSPS) is 30.7. The monoisotopic (exact) mass is 281 g/mol. The molecule has 1 amide bonds. The highest BCUT2D eigenvalue weighted by atomic mass is 32.2. The minimum atomic E-state index is 0.351. The molecule has 2 fully saturated rings. The summed E-state index contributed by atoms with van der Waals surface area (Å²) < 4.78 is 0. The summed E-state index contributed by atoms with van der Waals surface area (Å²) >= 11 is 3.67. The van der Waals surface area contributed by atoms with E-state index in [2.05, 4.69) is 22.6 Å². The fourth-order valence-electron chi connectivity index (χ4n) is 3.38. The van der Waals surface area contributed by atoms with Crippen LogP contribution in [0.25, 0.3) is 0 Å². The van der Waals surface area contributed by atoms with Gasteiger partial charge in [-0.1, -0.05) is 6.07 Å². The van der Waals surface area contributed by atoms with Crippen LogP contribution in [0.1, 0.15) is 30.6 Å². The number of thiophene rings is 1. The summed E-state index contributed by atoms with van der Waals surface area (Å²) in [5.74, 6) is 0.351. The molecule has 3 heterocycles. The lowest BCUT2D eigenvalue weighted by molar-refractivity contribution is -0.134. The Morgan fingerprint density at radius 3 is 2.72 bits per heavy atom. The van der Waals surface area contributed by atoms with Gasteiger partial charge < -0.3 is 4.90 Å². The lowest BCUT2D eigenvalue weighted by Crippen LogP contribution is -2.47. The third-order valence-electron chi connectivity index (χ3n) is 4.22. The molecule has 0 aromatic carbocycles. The van der Waals surface area contributed by atoms with Gasteiger partial charge in [0.15, 0.2) is 0 Å². The van der Waals surface area contributed by atoms with Crippen molar-refractivity contribution in [1.82, 2.24) is 4.90 Å². The summed E-state index contributed by atoms with van der Waals surface area (Å²) in [6.45, 7) is 0. The molecule has 2 aliphatic heterocycles. The molecule has 0 saturated carbocycles. The molecule has 2 saturated heterocycles. The maximum absolute atomic E-state index is 12.4. The smallest absolute Gasteiger partial charge is 0.228 e. The van der Waals surface area contributed by atoms with Gasteiger partial charge in [-0.2, -0.15) is 11.8 Å². The maximum Gasteiger partial charge on any atom is 0.228 e. The van der Waals surface area contributed by atoms with Gasteiger partial charge in [0, 0.05) is 22.2 Å². The molecular weight excluding hydrogens is 262 g/mol. The average molecular weight is 281 g/mol. The molecule has 4 heteroatoms. The molecule has 0 radical (unpaired) electrons. The van der Waals surface area contributed by atoms with E-state index in [1.165, 1.54) is 30.6 Å². The van der Waals surface area contributed by atoms with Crippen LogP contribution >= 0.6 is 23.1 Å². The van der Waals surface area contributed by atoms with Gasteiger partial charge >= 0.3 is 0 Å². The second-order valence-corrected chi connectivity index (χ2v) is 7.44. The number of thioether (sulfide) groups is 1. The SMILES string of the molecule is CSC1CC2CCC(C1)N2C(=O)Cc1cccs1. The highest BCUT2D eigenvalue weighted by Crippen LogP contribution is 2.39. The number of nitrogens with zero attached hydrogens (tertiary/aromatic N) is 1. The zero-order valence-electron chi connectivity index (χ0n) is 10.7. The molecular formula is C14H19NOS2. The standard InChI is InChI=1S/C14H19NOS2/c1-17-13-7-10-4-5-11(8-13)15(10)14(16)9-12-3-2-6-18-12/h2-3,6,10-11,13H,4-5,7-9H2,1H3. The number of rotatable bonds is 3. The van der Waals surface area contributed by atoms with E-state index in [-0.39, 0.29) is 0 Å². The van der Waals surface area contributed by atoms with Crippen LogP contribution in [0.2, 0.25) is 0 Å². The first-order valence-electron chi connectivity index (χ1n) is 6.64. The molecule has 1 aromatic heterocycles. The minimum absolute atomic E-state index is 0.351. The van der Waals surface area contributed by atoms with E-state index < -0.39 is 0 Å². The minimum Gasteiger partial charge on any atom is -0.336 e. The van der Waals surface area contributed by atoms with Crippen molar-refractivity contribution >= 4 is 29.0 Å². The van der Waals surface area contributed by atoms with E-state index in [4.69, 9.17) is 0 Å². The van der Waals surface area contributed by atoms with Crippen molar-refractivity contribution < 1.29 is 4.79 Å². The molecule has 2 atom stereocenters. The van der Waals surface area contributed by atoms with Crippen LogP contribution in [0.3, 0.4) is 0 Å². The Kier molecular flexibility index (Phi) is 3.66. The summed E-state index contributed by atoms with van der Waals surface area (Å²) in [5, 5.41) is 2.82. The third kappa shape index (κ3) is 2.32. The number of fused-ring (bicyclic) bond motifs is 2. The second kappa shape index (κ2) is 5.25. The van der Waals surface area contributed by atoms with Crippen LogP contribution in [-0.4, -0.2) is 34.4 Å². The molecule has 1 aromatic rings. The first kappa shape index (κ1) is 12.5. The Bertz CT molecular complexity index is 403. The van der Waals surface area contributed by atoms with Gasteiger partial charge in [0.25, 0.3) is 0 Å². The number of hydrogen-bond acceptors (Lipinski definition) is 3. The quantitative estimate of drug-likeness (QED) is 0.848. The van der Waals surface area contributed by atoms with Crippen molar-refractivity contribution in [3.8, 4) is 0 Å². The molecule has 2 aliphatic rings. The lowest BCUT2D eigenvalue weighted by atomic mass is 10.0. The predicted molar refractivity (Wildman–Crippen MR) is 78.2 cm³/mol.